The summed E-state index contributed by atoms with van der Waals surface area (Å²) in [5.41, 5.74) is 0. The number of ether oxygens (including phenoxy) is 1. The Balaban J connectivity index is 2.11. The van der Waals surface area contributed by atoms with Crippen LogP contribution in [0.3, 0.4) is 0 Å². The first-order valence-electron chi connectivity index (χ1n) is 6.92. The largest absolute Gasteiger partial charge is 0.381 e. The van der Waals surface area contributed by atoms with Gasteiger partial charge >= 0.3 is 0 Å². The number of piperidine rings is 1. The molecule has 1 aliphatic rings. The van der Waals surface area contributed by atoms with Gasteiger partial charge in [0.2, 0.25) is 10.0 Å². The van der Waals surface area contributed by atoms with Crippen molar-refractivity contribution in [3.05, 3.63) is 0 Å². The van der Waals surface area contributed by atoms with Crippen LogP contribution in [0.4, 0.5) is 0 Å². The molecule has 0 radical (unpaired) electrons. The van der Waals surface area contributed by atoms with E-state index in [1.54, 1.807) is 0 Å². The van der Waals surface area contributed by atoms with Crippen molar-refractivity contribution in [3.8, 4) is 0 Å². The summed E-state index contributed by atoms with van der Waals surface area (Å²) in [6, 6.07) is 0.118. The first-order valence-corrected chi connectivity index (χ1v) is 8.58. The minimum atomic E-state index is -3.14. The quantitative estimate of drug-likeness (QED) is 0.614. The van der Waals surface area contributed by atoms with Gasteiger partial charge in [-0.05, 0) is 32.2 Å². The monoisotopic (exact) mass is 278 g/mol. The number of hydrogen-bond donors (Lipinski definition) is 2. The maximum atomic E-state index is 11.8. The normalized spacial score (nSPS) is 21.1. The fourth-order valence-electron chi connectivity index (χ4n) is 2.04. The summed E-state index contributed by atoms with van der Waals surface area (Å²) < 4.78 is 31.5. The average Bonchev–Trinajstić information content (AvgIpc) is 2.34. The van der Waals surface area contributed by atoms with Crippen molar-refractivity contribution in [2.24, 2.45) is 0 Å². The van der Waals surface area contributed by atoms with Gasteiger partial charge in [0.25, 0.3) is 0 Å². The third-order valence-corrected chi connectivity index (χ3v) is 4.45. The van der Waals surface area contributed by atoms with Crippen molar-refractivity contribution in [2.45, 2.75) is 45.1 Å². The van der Waals surface area contributed by atoms with E-state index in [1.807, 2.05) is 0 Å². The zero-order chi connectivity index (χ0) is 13.3. The summed E-state index contributed by atoms with van der Waals surface area (Å²) in [6.45, 7) is 4.83. The zero-order valence-corrected chi connectivity index (χ0v) is 12.1. The van der Waals surface area contributed by atoms with Gasteiger partial charge in [-0.2, -0.15) is 0 Å². The molecule has 0 bridgehead atoms. The Morgan fingerprint density at radius 3 is 2.83 bits per heavy atom. The first kappa shape index (κ1) is 15.9. The van der Waals surface area contributed by atoms with Crippen LogP contribution in [-0.4, -0.2) is 46.5 Å². The molecule has 0 aromatic rings. The lowest BCUT2D eigenvalue weighted by Gasteiger charge is -2.23. The van der Waals surface area contributed by atoms with Crippen LogP contribution in [-0.2, 0) is 14.8 Å². The lowest BCUT2D eigenvalue weighted by atomic mass is 10.1. The zero-order valence-electron chi connectivity index (χ0n) is 11.3. The van der Waals surface area contributed by atoms with Gasteiger partial charge in [-0.1, -0.05) is 13.3 Å². The Kier molecular flexibility index (Phi) is 7.81. The van der Waals surface area contributed by atoms with Crippen LogP contribution in [0.1, 0.15) is 39.0 Å². The van der Waals surface area contributed by atoms with Crippen molar-refractivity contribution in [2.75, 3.05) is 32.1 Å². The van der Waals surface area contributed by atoms with E-state index in [9.17, 15) is 8.42 Å². The number of rotatable bonds is 9. The topological polar surface area (TPSA) is 67.4 Å². The van der Waals surface area contributed by atoms with E-state index in [4.69, 9.17) is 4.74 Å². The minimum absolute atomic E-state index is 0.118. The highest BCUT2D eigenvalue weighted by Crippen LogP contribution is 2.08. The number of nitrogens with one attached hydrogen (secondary N) is 2. The molecule has 1 aliphatic heterocycles. The van der Waals surface area contributed by atoms with Gasteiger partial charge in [-0.3, -0.25) is 0 Å². The van der Waals surface area contributed by atoms with Gasteiger partial charge in [0.05, 0.1) is 5.75 Å². The van der Waals surface area contributed by atoms with Gasteiger partial charge in [-0.25, -0.2) is 13.1 Å². The van der Waals surface area contributed by atoms with Crippen LogP contribution in [0.15, 0.2) is 0 Å². The third kappa shape index (κ3) is 7.31. The molecule has 1 rings (SSSR count). The van der Waals surface area contributed by atoms with Crippen LogP contribution >= 0.6 is 0 Å². The van der Waals surface area contributed by atoms with Crippen LogP contribution < -0.4 is 10.0 Å². The van der Waals surface area contributed by atoms with Crippen LogP contribution in [0.5, 0.6) is 0 Å². The van der Waals surface area contributed by atoms with Crippen molar-refractivity contribution in [3.63, 3.8) is 0 Å². The molecule has 1 heterocycles. The third-order valence-electron chi connectivity index (χ3n) is 2.97. The summed E-state index contributed by atoms with van der Waals surface area (Å²) in [6.07, 6.45) is 4.97. The molecule has 0 aromatic heterocycles. The van der Waals surface area contributed by atoms with Crippen molar-refractivity contribution >= 4 is 10.0 Å². The molecule has 1 unspecified atom stereocenters. The average molecular weight is 278 g/mol. The lowest BCUT2D eigenvalue weighted by molar-refractivity contribution is 0.133. The molecule has 0 amide bonds. The fourth-order valence-corrected chi connectivity index (χ4v) is 3.43. The molecule has 0 saturated carbocycles. The van der Waals surface area contributed by atoms with Gasteiger partial charge < -0.3 is 10.1 Å². The van der Waals surface area contributed by atoms with E-state index >= 15 is 0 Å². The van der Waals surface area contributed by atoms with Crippen molar-refractivity contribution in [1.29, 1.82) is 0 Å². The number of sulfonamides is 1. The molecule has 0 aliphatic carbocycles. The Morgan fingerprint density at radius 2 is 2.17 bits per heavy atom. The van der Waals surface area contributed by atoms with Gasteiger partial charge in [0, 0.05) is 25.8 Å². The van der Waals surface area contributed by atoms with E-state index in [-0.39, 0.29) is 11.8 Å². The molecule has 5 nitrogen and oxygen atoms in total. The first-order chi connectivity index (χ1) is 8.64. The highest BCUT2D eigenvalue weighted by Gasteiger charge is 2.20. The molecule has 1 saturated heterocycles. The fraction of sp³-hybridized carbons (Fsp3) is 1.00. The van der Waals surface area contributed by atoms with Gasteiger partial charge in [0.1, 0.15) is 0 Å². The molecule has 6 heteroatoms. The minimum Gasteiger partial charge on any atom is -0.381 e. The molecule has 108 valence electrons. The molecule has 1 atom stereocenters. The van der Waals surface area contributed by atoms with Crippen molar-refractivity contribution < 1.29 is 13.2 Å². The van der Waals surface area contributed by atoms with Gasteiger partial charge in [0.15, 0.2) is 0 Å². The Morgan fingerprint density at radius 1 is 1.33 bits per heavy atom. The van der Waals surface area contributed by atoms with E-state index in [1.165, 1.54) is 0 Å². The van der Waals surface area contributed by atoms with Crippen LogP contribution in [0.25, 0.3) is 0 Å². The van der Waals surface area contributed by atoms with E-state index in [0.717, 1.165) is 45.3 Å². The second-order valence-electron chi connectivity index (χ2n) is 4.79. The maximum absolute atomic E-state index is 11.8. The summed E-state index contributed by atoms with van der Waals surface area (Å²) >= 11 is 0. The summed E-state index contributed by atoms with van der Waals surface area (Å²) in [4.78, 5) is 0. The highest BCUT2D eigenvalue weighted by atomic mass is 32.2. The molecule has 0 aromatic carbocycles. The maximum Gasteiger partial charge on any atom is 0.213 e. The standard InChI is InChI=1S/C12H26N2O3S/c1-2-9-17-10-5-8-14-18(15,16)11-12-6-3-4-7-13-12/h12-14H,2-11H2,1H3. The molecular weight excluding hydrogens is 252 g/mol. The Labute approximate surface area is 111 Å². The second kappa shape index (κ2) is 8.85. The summed E-state index contributed by atoms with van der Waals surface area (Å²) in [5, 5.41) is 3.25. The van der Waals surface area contributed by atoms with E-state index < -0.39 is 10.0 Å². The summed E-state index contributed by atoms with van der Waals surface area (Å²) in [7, 11) is -3.14. The highest BCUT2D eigenvalue weighted by molar-refractivity contribution is 7.89. The van der Waals surface area contributed by atoms with Gasteiger partial charge in [-0.15, -0.1) is 0 Å². The second-order valence-corrected chi connectivity index (χ2v) is 6.64. The van der Waals surface area contributed by atoms with Crippen LogP contribution in [0, 0.1) is 0 Å². The molecule has 18 heavy (non-hydrogen) atoms. The molecule has 0 spiro atoms. The summed E-state index contributed by atoms with van der Waals surface area (Å²) in [5.74, 6) is 0.197. The SMILES string of the molecule is CCCOCCCNS(=O)(=O)CC1CCCCN1. The molecule has 2 N–H and O–H groups in total. The smallest absolute Gasteiger partial charge is 0.213 e. The van der Waals surface area contributed by atoms with Crippen LogP contribution in [0.2, 0.25) is 0 Å². The Bertz CT molecular complexity index is 300. The van der Waals surface area contributed by atoms with Crippen molar-refractivity contribution in [1.82, 2.24) is 10.0 Å². The van der Waals surface area contributed by atoms with E-state index in [2.05, 4.69) is 17.0 Å². The lowest BCUT2D eigenvalue weighted by Crippen LogP contribution is -2.42. The Hall–Kier alpha value is -0.170. The molecule has 1 fully saturated rings. The molecular formula is C12H26N2O3S. The predicted molar refractivity (Wildman–Crippen MR) is 73.2 cm³/mol. The predicted octanol–water partition coefficient (Wildman–Crippen LogP) is 0.865. The number of hydrogen-bond acceptors (Lipinski definition) is 4. The van der Waals surface area contributed by atoms with E-state index in [0.29, 0.717) is 13.2 Å².